The van der Waals surface area contributed by atoms with E-state index in [1.165, 1.54) is 25.7 Å². The molecule has 90 valence electrons. The maximum atomic E-state index is 5.48. The Labute approximate surface area is 94.8 Å². The van der Waals surface area contributed by atoms with E-state index in [-0.39, 0.29) is 5.60 Å². The third-order valence-corrected chi connectivity index (χ3v) is 4.13. The van der Waals surface area contributed by atoms with Gasteiger partial charge in [-0.05, 0) is 58.4 Å². The van der Waals surface area contributed by atoms with Gasteiger partial charge in [-0.15, -0.1) is 0 Å². The van der Waals surface area contributed by atoms with Gasteiger partial charge in [0, 0.05) is 13.2 Å². The van der Waals surface area contributed by atoms with Crippen LogP contribution in [0.25, 0.3) is 0 Å². The summed E-state index contributed by atoms with van der Waals surface area (Å²) < 4.78 is 5.48. The van der Waals surface area contributed by atoms with Crippen LogP contribution in [-0.2, 0) is 4.74 Å². The van der Waals surface area contributed by atoms with Crippen molar-refractivity contribution >= 4 is 0 Å². The topological polar surface area (TPSA) is 21.3 Å². The molecule has 0 bridgehead atoms. The molecule has 0 aliphatic heterocycles. The summed E-state index contributed by atoms with van der Waals surface area (Å²) in [6, 6.07) is 0.737. The van der Waals surface area contributed by atoms with E-state index in [0.29, 0.717) is 5.41 Å². The molecule has 1 rings (SSSR count). The minimum atomic E-state index is 0.0424. The summed E-state index contributed by atoms with van der Waals surface area (Å²) >= 11 is 0. The lowest BCUT2D eigenvalue weighted by molar-refractivity contribution is 0.00491. The summed E-state index contributed by atoms with van der Waals surface area (Å²) in [5, 5.41) is 3.40. The maximum Gasteiger partial charge on any atom is 0.0623 e. The van der Waals surface area contributed by atoms with Crippen molar-refractivity contribution in [2.45, 2.75) is 64.5 Å². The van der Waals surface area contributed by atoms with Crippen LogP contribution < -0.4 is 5.32 Å². The SMILES string of the molecule is CNC1CCC(C)(CCC(C)(C)OC)C1. The maximum absolute atomic E-state index is 5.48. The quantitative estimate of drug-likeness (QED) is 0.758. The average Bonchev–Trinajstić information content (AvgIpc) is 2.59. The van der Waals surface area contributed by atoms with Crippen LogP contribution in [0, 0.1) is 5.41 Å². The largest absolute Gasteiger partial charge is 0.379 e. The van der Waals surface area contributed by atoms with Crippen molar-refractivity contribution in [3.05, 3.63) is 0 Å². The van der Waals surface area contributed by atoms with Gasteiger partial charge in [0.2, 0.25) is 0 Å². The minimum Gasteiger partial charge on any atom is -0.379 e. The molecule has 15 heavy (non-hydrogen) atoms. The highest BCUT2D eigenvalue weighted by Gasteiger charge is 2.35. The van der Waals surface area contributed by atoms with Crippen LogP contribution in [0.2, 0.25) is 0 Å². The highest BCUT2D eigenvalue weighted by atomic mass is 16.5. The molecule has 2 atom stereocenters. The first-order chi connectivity index (χ1) is 6.91. The molecule has 0 aromatic carbocycles. The van der Waals surface area contributed by atoms with Crippen molar-refractivity contribution in [1.29, 1.82) is 0 Å². The first-order valence-electron chi connectivity index (χ1n) is 6.13. The molecule has 2 unspecified atom stereocenters. The molecule has 2 nitrogen and oxygen atoms in total. The van der Waals surface area contributed by atoms with E-state index >= 15 is 0 Å². The smallest absolute Gasteiger partial charge is 0.0623 e. The van der Waals surface area contributed by atoms with E-state index in [1.807, 2.05) is 7.11 Å². The van der Waals surface area contributed by atoms with Crippen LogP contribution in [0.1, 0.15) is 52.9 Å². The van der Waals surface area contributed by atoms with Gasteiger partial charge >= 0.3 is 0 Å². The van der Waals surface area contributed by atoms with Gasteiger partial charge in [-0.2, -0.15) is 0 Å². The molecule has 0 radical (unpaired) electrons. The summed E-state index contributed by atoms with van der Waals surface area (Å²) in [6.07, 6.45) is 6.46. The molecule has 1 fully saturated rings. The molecule has 0 spiro atoms. The zero-order chi connectivity index (χ0) is 11.5. The second-order valence-electron chi connectivity index (χ2n) is 6.00. The number of ether oxygens (including phenoxy) is 1. The van der Waals surface area contributed by atoms with Crippen molar-refractivity contribution in [1.82, 2.24) is 5.32 Å². The predicted octanol–water partition coefficient (Wildman–Crippen LogP) is 2.97. The third kappa shape index (κ3) is 3.76. The molecule has 1 aliphatic rings. The summed E-state index contributed by atoms with van der Waals surface area (Å²) in [7, 11) is 3.89. The fourth-order valence-electron chi connectivity index (χ4n) is 2.50. The van der Waals surface area contributed by atoms with Crippen LogP contribution in [0.3, 0.4) is 0 Å². The van der Waals surface area contributed by atoms with Crippen molar-refractivity contribution < 1.29 is 4.74 Å². The molecule has 0 heterocycles. The molecular weight excluding hydrogens is 186 g/mol. The van der Waals surface area contributed by atoms with E-state index in [0.717, 1.165) is 12.5 Å². The van der Waals surface area contributed by atoms with Crippen molar-refractivity contribution in [3.63, 3.8) is 0 Å². The normalized spacial score (nSPS) is 32.2. The van der Waals surface area contributed by atoms with Gasteiger partial charge in [0.15, 0.2) is 0 Å². The Morgan fingerprint density at radius 1 is 1.47 bits per heavy atom. The van der Waals surface area contributed by atoms with Crippen molar-refractivity contribution in [2.75, 3.05) is 14.2 Å². The lowest BCUT2D eigenvalue weighted by Gasteiger charge is -2.30. The van der Waals surface area contributed by atoms with Crippen LogP contribution in [0.4, 0.5) is 0 Å². The first-order valence-corrected chi connectivity index (χ1v) is 6.13. The zero-order valence-corrected chi connectivity index (χ0v) is 11.0. The Morgan fingerprint density at radius 2 is 2.13 bits per heavy atom. The third-order valence-electron chi connectivity index (χ3n) is 4.13. The Morgan fingerprint density at radius 3 is 2.60 bits per heavy atom. The zero-order valence-electron chi connectivity index (χ0n) is 11.0. The second kappa shape index (κ2) is 4.84. The molecule has 0 aromatic rings. The predicted molar refractivity (Wildman–Crippen MR) is 65.1 cm³/mol. The lowest BCUT2D eigenvalue weighted by atomic mass is 9.80. The van der Waals surface area contributed by atoms with Crippen molar-refractivity contribution in [2.24, 2.45) is 5.41 Å². The Kier molecular flexibility index (Phi) is 4.19. The Hall–Kier alpha value is -0.0800. The summed E-state index contributed by atoms with van der Waals surface area (Å²) in [5.74, 6) is 0. The number of hydrogen-bond acceptors (Lipinski definition) is 2. The molecule has 0 amide bonds. The fraction of sp³-hybridized carbons (Fsp3) is 1.00. The van der Waals surface area contributed by atoms with Crippen LogP contribution in [0.15, 0.2) is 0 Å². The van der Waals surface area contributed by atoms with Gasteiger partial charge in [-0.1, -0.05) is 6.92 Å². The van der Waals surface area contributed by atoms with Gasteiger partial charge in [0.25, 0.3) is 0 Å². The highest BCUT2D eigenvalue weighted by molar-refractivity contribution is 4.90. The summed E-state index contributed by atoms with van der Waals surface area (Å²) in [5.41, 5.74) is 0.574. The number of hydrogen-bond donors (Lipinski definition) is 1. The van der Waals surface area contributed by atoms with E-state index in [2.05, 4.69) is 33.1 Å². The number of nitrogens with one attached hydrogen (secondary N) is 1. The van der Waals surface area contributed by atoms with Crippen LogP contribution >= 0.6 is 0 Å². The summed E-state index contributed by atoms with van der Waals surface area (Å²) in [4.78, 5) is 0. The van der Waals surface area contributed by atoms with Gasteiger partial charge in [0.05, 0.1) is 5.60 Å². The lowest BCUT2D eigenvalue weighted by Crippen LogP contribution is -2.27. The first kappa shape index (κ1) is 13.0. The standard InChI is InChI=1S/C13H27NO/c1-12(2,15-5)8-9-13(3)7-6-11(10-13)14-4/h11,14H,6-10H2,1-5H3. The molecule has 0 saturated heterocycles. The van der Waals surface area contributed by atoms with E-state index in [4.69, 9.17) is 4.74 Å². The van der Waals surface area contributed by atoms with Crippen LogP contribution in [-0.4, -0.2) is 25.8 Å². The van der Waals surface area contributed by atoms with E-state index < -0.39 is 0 Å². The minimum absolute atomic E-state index is 0.0424. The van der Waals surface area contributed by atoms with Gasteiger partial charge in [-0.25, -0.2) is 0 Å². The number of rotatable bonds is 5. The number of methoxy groups -OCH3 is 1. The van der Waals surface area contributed by atoms with Crippen molar-refractivity contribution in [3.8, 4) is 0 Å². The van der Waals surface area contributed by atoms with E-state index in [1.54, 1.807) is 0 Å². The summed E-state index contributed by atoms with van der Waals surface area (Å²) in [6.45, 7) is 6.79. The van der Waals surface area contributed by atoms with Gasteiger partial charge < -0.3 is 10.1 Å². The molecule has 1 N–H and O–H groups in total. The van der Waals surface area contributed by atoms with Crippen LogP contribution in [0.5, 0.6) is 0 Å². The fourth-order valence-corrected chi connectivity index (χ4v) is 2.50. The molecule has 1 saturated carbocycles. The average molecular weight is 213 g/mol. The molecule has 1 aliphatic carbocycles. The molecule has 2 heteroatoms. The Bertz CT molecular complexity index is 203. The second-order valence-corrected chi connectivity index (χ2v) is 6.00. The van der Waals surface area contributed by atoms with Gasteiger partial charge in [0.1, 0.15) is 0 Å². The van der Waals surface area contributed by atoms with E-state index in [9.17, 15) is 0 Å². The Balaban J connectivity index is 2.38. The van der Waals surface area contributed by atoms with Gasteiger partial charge in [-0.3, -0.25) is 0 Å². The highest BCUT2D eigenvalue weighted by Crippen LogP contribution is 2.42. The monoisotopic (exact) mass is 213 g/mol. The molecule has 0 aromatic heterocycles. The molecular formula is C13H27NO.